The fourth-order valence-corrected chi connectivity index (χ4v) is 1.81. The van der Waals surface area contributed by atoms with Gasteiger partial charge in [0.15, 0.2) is 0 Å². The zero-order chi connectivity index (χ0) is 14.5. The number of fused-ring (bicyclic) bond motifs is 1. The molecule has 0 radical (unpaired) electrons. The minimum absolute atomic E-state index is 0. The van der Waals surface area contributed by atoms with Crippen molar-refractivity contribution < 1.29 is 21.2 Å². The number of hydrogen-bond acceptors (Lipinski definition) is 5. The van der Waals surface area contributed by atoms with Crippen LogP contribution in [0.1, 0.15) is 14.3 Å². The molecule has 2 rings (SSSR count). The molecule has 1 aromatic heterocycles. The third-order valence-electron chi connectivity index (χ3n) is 2.80. The summed E-state index contributed by atoms with van der Waals surface area (Å²) in [6.45, 7) is 0. The van der Waals surface area contributed by atoms with Gasteiger partial charge in [0.05, 0.1) is 5.52 Å². The highest BCUT2D eigenvalue weighted by molar-refractivity contribution is 5.90. The lowest BCUT2D eigenvalue weighted by atomic mass is 10.1. The lowest BCUT2D eigenvalue weighted by molar-refractivity contribution is -0.139. The largest absolute Gasteiger partial charge is 0.481 e. The number of carboxylic acid groups (broad SMARTS) is 2. The van der Waals surface area contributed by atoms with Crippen LogP contribution in [0.15, 0.2) is 30.6 Å². The second kappa shape index (κ2) is 7.39. The fraction of sp³-hybridized carbons (Fsp3) is 0.231. The Hall–Kier alpha value is -2.41. The fourth-order valence-electron chi connectivity index (χ4n) is 1.81. The second-order valence-electron chi connectivity index (χ2n) is 4.21. The van der Waals surface area contributed by atoms with Crippen molar-refractivity contribution in [3.05, 3.63) is 30.6 Å². The molecule has 7 nitrogen and oxygen atoms in total. The summed E-state index contributed by atoms with van der Waals surface area (Å²) in [7, 11) is 0. The number of rotatable bonds is 6. The van der Waals surface area contributed by atoms with E-state index in [-0.39, 0.29) is 26.7 Å². The third-order valence-corrected chi connectivity index (χ3v) is 2.80. The van der Waals surface area contributed by atoms with Crippen molar-refractivity contribution in [1.82, 2.24) is 9.97 Å². The van der Waals surface area contributed by atoms with Crippen molar-refractivity contribution >= 4 is 41.1 Å². The SMILES string of the molecule is Cl.O=C(O)CCC(Nc1ncnc2ccccc12)C(=O)O.[HH]. The minimum Gasteiger partial charge on any atom is -0.481 e. The summed E-state index contributed by atoms with van der Waals surface area (Å²) >= 11 is 0. The van der Waals surface area contributed by atoms with Crippen molar-refractivity contribution in [3.63, 3.8) is 0 Å². The first kappa shape index (κ1) is 16.6. The zero-order valence-corrected chi connectivity index (χ0v) is 11.7. The molecule has 0 bridgehead atoms. The van der Waals surface area contributed by atoms with Gasteiger partial charge in [-0.2, -0.15) is 0 Å². The van der Waals surface area contributed by atoms with Gasteiger partial charge in [0, 0.05) is 13.2 Å². The molecule has 3 N–H and O–H groups in total. The van der Waals surface area contributed by atoms with Gasteiger partial charge in [0.1, 0.15) is 18.2 Å². The van der Waals surface area contributed by atoms with Crippen molar-refractivity contribution in [3.8, 4) is 0 Å². The van der Waals surface area contributed by atoms with E-state index in [1.54, 1.807) is 18.2 Å². The summed E-state index contributed by atoms with van der Waals surface area (Å²) in [6.07, 6.45) is 1.08. The van der Waals surface area contributed by atoms with Gasteiger partial charge in [-0.25, -0.2) is 14.8 Å². The summed E-state index contributed by atoms with van der Waals surface area (Å²) < 4.78 is 0. The summed E-state index contributed by atoms with van der Waals surface area (Å²) in [6, 6.07) is 6.16. The van der Waals surface area contributed by atoms with Crippen LogP contribution in [-0.2, 0) is 9.59 Å². The van der Waals surface area contributed by atoms with E-state index in [0.717, 1.165) is 0 Å². The van der Waals surface area contributed by atoms with E-state index in [0.29, 0.717) is 16.7 Å². The summed E-state index contributed by atoms with van der Waals surface area (Å²) in [5.41, 5.74) is 0.687. The molecular formula is C13H16ClN3O4. The zero-order valence-electron chi connectivity index (χ0n) is 10.9. The molecule has 0 saturated heterocycles. The second-order valence-corrected chi connectivity index (χ2v) is 4.21. The highest BCUT2D eigenvalue weighted by Crippen LogP contribution is 2.19. The first-order chi connectivity index (χ1) is 9.58. The van der Waals surface area contributed by atoms with Crippen LogP contribution in [0, 0.1) is 0 Å². The predicted molar refractivity (Wildman–Crippen MR) is 80.8 cm³/mol. The molecule has 0 saturated carbocycles. The van der Waals surface area contributed by atoms with E-state index in [9.17, 15) is 9.59 Å². The van der Waals surface area contributed by atoms with Gasteiger partial charge < -0.3 is 15.5 Å². The van der Waals surface area contributed by atoms with Crippen LogP contribution < -0.4 is 5.32 Å². The number of benzene rings is 1. The Balaban J connectivity index is 0.00000220. The van der Waals surface area contributed by atoms with Gasteiger partial charge in [0.25, 0.3) is 0 Å². The lowest BCUT2D eigenvalue weighted by Crippen LogP contribution is -2.30. The van der Waals surface area contributed by atoms with Gasteiger partial charge in [0.2, 0.25) is 0 Å². The molecule has 0 aliphatic carbocycles. The molecule has 1 heterocycles. The summed E-state index contributed by atoms with van der Waals surface area (Å²) in [5.74, 6) is -1.77. The average molecular weight is 314 g/mol. The Bertz CT molecular complexity index is 651. The Kier molecular flexibility index (Phi) is 5.86. The van der Waals surface area contributed by atoms with E-state index in [4.69, 9.17) is 10.2 Å². The number of aliphatic carboxylic acids is 2. The maximum Gasteiger partial charge on any atom is 0.326 e. The Morgan fingerprint density at radius 2 is 1.95 bits per heavy atom. The number of nitrogens with one attached hydrogen (secondary N) is 1. The molecule has 1 atom stereocenters. The van der Waals surface area contributed by atoms with Crippen LogP contribution in [0.3, 0.4) is 0 Å². The number of aromatic nitrogens is 2. The standard InChI is InChI=1S/C13H13N3O4.ClH.H2/c17-11(18)6-5-10(13(19)20)16-12-8-3-1-2-4-9(8)14-7-15-12;;/h1-4,7,10H,5-6H2,(H,17,18)(H,19,20)(H,14,15,16);2*1H. The monoisotopic (exact) mass is 313 g/mol. The third kappa shape index (κ3) is 4.28. The average Bonchev–Trinajstić information content (AvgIpc) is 2.43. The van der Waals surface area contributed by atoms with Crippen molar-refractivity contribution in [2.45, 2.75) is 18.9 Å². The maximum atomic E-state index is 11.2. The van der Waals surface area contributed by atoms with Gasteiger partial charge in [-0.15, -0.1) is 12.4 Å². The molecule has 21 heavy (non-hydrogen) atoms. The molecule has 2 aromatic rings. The van der Waals surface area contributed by atoms with Crippen LogP contribution in [0.5, 0.6) is 0 Å². The van der Waals surface area contributed by atoms with Crippen LogP contribution in [-0.4, -0.2) is 38.2 Å². The highest BCUT2D eigenvalue weighted by atomic mass is 35.5. The van der Waals surface area contributed by atoms with Crippen LogP contribution in [0.25, 0.3) is 10.9 Å². The van der Waals surface area contributed by atoms with Crippen molar-refractivity contribution in [1.29, 1.82) is 0 Å². The van der Waals surface area contributed by atoms with Crippen molar-refractivity contribution in [2.75, 3.05) is 5.32 Å². The van der Waals surface area contributed by atoms with E-state index in [1.165, 1.54) is 6.33 Å². The molecule has 114 valence electrons. The molecule has 0 aliphatic heterocycles. The number of nitrogens with zero attached hydrogens (tertiary/aromatic N) is 2. The maximum absolute atomic E-state index is 11.2. The molecule has 0 spiro atoms. The van der Waals surface area contributed by atoms with E-state index >= 15 is 0 Å². The normalized spacial score (nSPS) is 11.4. The molecule has 0 amide bonds. The molecule has 1 aromatic carbocycles. The molecular weight excluding hydrogens is 298 g/mol. The number of hydrogen-bond donors (Lipinski definition) is 3. The Morgan fingerprint density at radius 3 is 2.62 bits per heavy atom. The molecule has 0 aliphatic rings. The van der Waals surface area contributed by atoms with Gasteiger partial charge in [-0.3, -0.25) is 4.79 Å². The Morgan fingerprint density at radius 1 is 1.24 bits per heavy atom. The number of anilines is 1. The van der Waals surface area contributed by atoms with E-state index in [2.05, 4.69) is 15.3 Å². The van der Waals surface area contributed by atoms with Crippen LogP contribution in [0.4, 0.5) is 5.82 Å². The molecule has 1 unspecified atom stereocenters. The smallest absolute Gasteiger partial charge is 0.326 e. The van der Waals surface area contributed by atoms with Gasteiger partial charge in [-0.05, 0) is 18.6 Å². The van der Waals surface area contributed by atoms with Gasteiger partial charge in [-0.1, -0.05) is 12.1 Å². The number of para-hydroxylation sites is 1. The number of carboxylic acids is 2. The highest BCUT2D eigenvalue weighted by Gasteiger charge is 2.19. The van der Waals surface area contributed by atoms with Crippen molar-refractivity contribution in [2.24, 2.45) is 0 Å². The molecule has 8 heteroatoms. The quantitative estimate of drug-likeness (QED) is 0.747. The predicted octanol–water partition coefficient (Wildman–Crippen LogP) is 2.03. The van der Waals surface area contributed by atoms with E-state index in [1.807, 2.05) is 6.07 Å². The topological polar surface area (TPSA) is 112 Å². The number of carbonyl (C=O) groups is 2. The minimum atomic E-state index is -1.12. The number of halogens is 1. The van der Waals surface area contributed by atoms with Crippen LogP contribution in [0.2, 0.25) is 0 Å². The van der Waals surface area contributed by atoms with E-state index < -0.39 is 18.0 Å². The first-order valence-electron chi connectivity index (χ1n) is 5.99. The first-order valence-corrected chi connectivity index (χ1v) is 5.99. The molecule has 0 fully saturated rings. The van der Waals surface area contributed by atoms with Crippen LogP contribution >= 0.6 is 12.4 Å². The summed E-state index contributed by atoms with van der Waals surface area (Å²) in [4.78, 5) is 29.8. The van der Waals surface area contributed by atoms with Gasteiger partial charge >= 0.3 is 11.9 Å². The Labute approximate surface area is 127 Å². The lowest BCUT2D eigenvalue weighted by Gasteiger charge is -2.15. The summed E-state index contributed by atoms with van der Waals surface area (Å²) in [5, 5.41) is 21.2.